The average molecular weight is 213 g/mol. The van der Waals surface area contributed by atoms with Crippen molar-refractivity contribution < 1.29 is 0 Å². The molecule has 1 fully saturated rings. The van der Waals surface area contributed by atoms with E-state index in [-0.39, 0.29) is 5.54 Å². The van der Waals surface area contributed by atoms with E-state index in [1.165, 1.54) is 0 Å². The van der Waals surface area contributed by atoms with Gasteiger partial charge in [-0.1, -0.05) is 11.6 Å². The van der Waals surface area contributed by atoms with Gasteiger partial charge in [-0.05, 0) is 25.5 Å². The Hall–Kier alpha value is -0.870. The molecule has 1 aromatic rings. The number of hydrogen-bond donors (Lipinski definition) is 1. The van der Waals surface area contributed by atoms with Gasteiger partial charge >= 0.3 is 0 Å². The minimum absolute atomic E-state index is 0.110. The third-order valence-electron chi connectivity index (χ3n) is 2.45. The van der Waals surface area contributed by atoms with Crippen LogP contribution >= 0.6 is 11.6 Å². The summed E-state index contributed by atoms with van der Waals surface area (Å²) in [5.41, 5.74) is 5.91. The van der Waals surface area contributed by atoms with Crippen molar-refractivity contribution in [3.63, 3.8) is 0 Å². The van der Waals surface area contributed by atoms with Crippen LogP contribution in [0, 0.1) is 0 Å². The second kappa shape index (κ2) is 3.37. The Morgan fingerprint density at radius 3 is 2.79 bits per heavy atom. The predicted octanol–water partition coefficient (Wildman–Crippen LogP) is 1.06. The van der Waals surface area contributed by atoms with Gasteiger partial charge in [-0.3, -0.25) is 0 Å². The minimum atomic E-state index is -0.110. The largest absolute Gasteiger partial charge is 0.353 e. The summed E-state index contributed by atoms with van der Waals surface area (Å²) in [4.78, 5) is 2.13. The second-order valence-corrected chi connectivity index (χ2v) is 4.43. The van der Waals surface area contributed by atoms with E-state index in [2.05, 4.69) is 22.0 Å². The summed E-state index contributed by atoms with van der Waals surface area (Å²) in [6.45, 7) is 3.81. The van der Waals surface area contributed by atoms with Crippen LogP contribution in [0.3, 0.4) is 0 Å². The van der Waals surface area contributed by atoms with Gasteiger partial charge in [0, 0.05) is 18.6 Å². The highest BCUT2D eigenvalue weighted by molar-refractivity contribution is 6.29. The molecule has 14 heavy (non-hydrogen) atoms. The molecule has 0 aliphatic carbocycles. The number of nitrogens with zero attached hydrogens (tertiary/aromatic N) is 3. The Morgan fingerprint density at radius 2 is 2.29 bits per heavy atom. The molecule has 0 aromatic carbocycles. The van der Waals surface area contributed by atoms with Crippen molar-refractivity contribution in [2.24, 2.45) is 5.73 Å². The van der Waals surface area contributed by atoms with Crippen LogP contribution in [0.4, 0.5) is 5.82 Å². The minimum Gasteiger partial charge on any atom is -0.353 e. The monoisotopic (exact) mass is 212 g/mol. The first-order chi connectivity index (χ1) is 6.57. The topological polar surface area (TPSA) is 55.0 Å². The molecule has 1 aromatic heterocycles. The van der Waals surface area contributed by atoms with E-state index in [4.69, 9.17) is 17.3 Å². The van der Waals surface area contributed by atoms with E-state index >= 15 is 0 Å². The molecular formula is C9H13ClN4. The van der Waals surface area contributed by atoms with Crippen LogP contribution in [0.2, 0.25) is 5.15 Å². The van der Waals surface area contributed by atoms with Crippen LogP contribution in [0.1, 0.15) is 13.3 Å². The Labute approximate surface area is 88.1 Å². The van der Waals surface area contributed by atoms with Crippen molar-refractivity contribution in [3.8, 4) is 0 Å². The first kappa shape index (κ1) is 9.68. The second-order valence-electron chi connectivity index (χ2n) is 4.04. The maximum absolute atomic E-state index is 6.02. The number of anilines is 1. The summed E-state index contributed by atoms with van der Waals surface area (Å²) < 4.78 is 0. The van der Waals surface area contributed by atoms with Gasteiger partial charge in [-0.15, -0.1) is 10.2 Å². The highest BCUT2D eigenvalue weighted by Crippen LogP contribution is 2.22. The fourth-order valence-electron chi connectivity index (χ4n) is 1.66. The van der Waals surface area contributed by atoms with Crippen LogP contribution in [0.5, 0.6) is 0 Å². The van der Waals surface area contributed by atoms with Gasteiger partial charge in [0.25, 0.3) is 0 Å². The highest BCUT2D eigenvalue weighted by Gasteiger charge is 2.30. The molecule has 0 radical (unpaired) electrons. The molecule has 1 aliphatic rings. The van der Waals surface area contributed by atoms with Crippen molar-refractivity contribution in [1.29, 1.82) is 0 Å². The van der Waals surface area contributed by atoms with Crippen LogP contribution in [0.25, 0.3) is 0 Å². The van der Waals surface area contributed by atoms with Gasteiger partial charge in [-0.25, -0.2) is 0 Å². The molecular weight excluding hydrogens is 200 g/mol. The molecule has 2 rings (SSSR count). The number of nitrogens with two attached hydrogens (primary N) is 1. The highest BCUT2D eigenvalue weighted by atomic mass is 35.5. The molecule has 2 N–H and O–H groups in total. The number of rotatable bonds is 1. The Balaban J connectivity index is 2.14. The fourth-order valence-corrected chi connectivity index (χ4v) is 1.76. The van der Waals surface area contributed by atoms with Crippen molar-refractivity contribution in [2.45, 2.75) is 18.9 Å². The van der Waals surface area contributed by atoms with Gasteiger partial charge in [0.2, 0.25) is 0 Å². The van der Waals surface area contributed by atoms with Crippen LogP contribution in [0.15, 0.2) is 12.1 Å². The Morgan fingerprint density at radius 1 is 1.50 bits per heavy atom. The number of aromatic nitrogens is 2. The number of halogens is 1. The van der Waals surface area contributed by atoms with Crippen molar-refractivity contribution in [3.05, 3.63) is 17.3 Å². The normalized spacial score (nSPS) is 26.9. The van der Waals surface area contributed by atoms with Crippen molar-refractivity contribution in [1.82, 2.24) is 10.2 Å². The predicted molar refractivity (Wildman–Crippen MR) is 56.5 cm³/mol. The van der Waals surface area contributed by atoms with E-state index in [9.17, 15) is 0 Å². The van der Waals surface area contributed by atoms with Crippen molar-refractivity contribution in [2.75, 3.05) is 18.0 Å². The van der Waals surface area contributed by atoms with Gasteiger partial charge in [0.15, 0.2) is 11.0 Å². The number of hydrogen-bond acceptors (Lipinski definition) is 4. The van der Waals surface area contributed by atoms with Crippen LogP contribution in [-0.2, 0) is 0 Å². The van der Waals surface area contributed by atoms with Gasteiger partial charge < -0.3 is 10.6 Å². The lowest BCUT2D eigenvalue weighted by molar-refractivity contribution is 0.524. The average Bonchev–Trinajstić information content (AvgIpc) is 2.47. The lowest BCUT2D eigenvalue weighted by Gasteiger charge is -2.19. The lowest BCUT2D eigenvalue weighted by atomic mass is 10.0. The third-order valence-corrected chi connectivity index (χ3v) is 2.65. The molecule has 4 nitrogen and oxygen atoms in total. The first-order valence-electron chi connectivity index (χ1n) is 4.60. The molecule has 0 unspecified atom stereocenters. The molecule has 1 atom stereocenters. The summed E-state index contributed by atoms with van der Waals surface area (Å²) in [5.74, 6) is 0.851. The molecule has 0 saturated carbocycles. The molecule has 2 heterocycles. The van der Waals surface area contributed by atoms with E-state index in [1.807, 2.05) is 6.07 Å². The molecule has 1 saturated heterocycles. The van der Waals surface area contributed by atoms with Gasteiger partial charge in [-0.2, -0.15) is 0 Å². The van der Waals surface area contributed by atoms with Crippen LogP contribution in [-0.4, -0.2) is 28.8 Å². The quantitative estimate of drug-likeness (QED) is 0.757. The van der Waals surface area contributed by atoms with Crippen molar-refractivity contribution >= 4 is 17.4 Å². The maximum Gasteiger partial charge on any atom is 0.151 e. The standard InChI is InChI=1S/C9H13ClN4/c1-9(11)4-5-14(6-9)8-3-2-7(10)12-13-8/h2-3H,4-6,11H2,1H3/t9-/m0/s1. The Bertz CT molecular complexity index is 322. The van der Waals surface area contributed by atoms with E-state index in [0.717, 1.165) is 25.3 Å². The molecule has 5 heteroatoms. The lowest BCUT2D eigenvalue weighted by Crippen LogP contribution is -2.39. The molecule has 76 valence electrons. The maximum atomic E-state index is 6.02. The summed E-state index contributed by atoms with van der Waals surface area (Å²) in [6, 6.07) is 3.62. The third kappa shape index (κ3) is 1.96. The zero-order valence-corrected chi connectivity index (χ0v) is 8.83. The molecule has 1 aliphatic heterocycles. The summed E-state index contributed by atoms with van der Waals surface area (Å²) in [7, 11) is 0. The first-order valence-corrected chi connectivity index (χ1v) is 4.98. The SMILES string of the molecule is C[C@]1(N)CCN(c2ccc(Cl)nn2)C1. The molecule has 0 bridgehead atoms. The van der Waals surface area contributed by atoms with Gasteiger partial charge in [0.05, 0.1) is 0 Å². The Kier molecular flexibility index (Phi) is 2.33. The zero-order valence-electron chi connectivity index (χ0n) is 8.07. The fraction of sp³-hybridized carbons (Fsp3) is 0.556. The van der Waals surface area contributed by atoms with E-state index in [1.54, 1.807) is 6.07 Å². The van der Waals surface area contributed by atoms with Crippen LogP contribution < -0.4 is 10.6 Å². The van der Waals surface area contributed by atoms with E-state index < -0.39 is 0 Å². The smallest absolute Gasteiger partial charge is 0.151 e. The summed E-state index contributed by atoms with van der Waals surface area (Å²) >= 11 is 5.66. The molecule has 0 amide bonds. The summed E-state index contributed by atoms with van der Waals surface area (Å²) in [5, 5.41) is 8.24. The molecule has 0 spiro atoms. The summed E-state index contributed by atoms with van der Waals surface area (Å²) in [6.07, 6.45) is 0.983. The van der Waals surface area contributed by atoms with Gasteiger partial charge in [0.1, 0.15) is 0 Å². The zero-order chi connectivity index (χ0) is 10.2. The van der Waals surface area contributed by atoms with E-state index in [0.29, 0.717) is 5.15 Å².